The van der Waals surface area contributed by atoms with Crippen molar-refractivity contribution in [3.8, 4) is 0 Å². The van der Waals surface area contributed by atoms with Gasteiger partial charge in [0.15, 0.2) is 0 Å². The first-order chi connectivity index (χ1) is 9.20. The molecule has 2 aromatic heterocycles. The highest BCUT2D eigenvalue weighted by atomic mass is 16.5. The van der Waals surface area contributed by atoms with Gasteiger partial charge in [-0.05, 0) is 18.1 Å². The van der Waals surface area contributed by atoms with Gasteiger partial charge in [-0.25, -0.2) is 4.98 Å². The van der Waals surface area contributed by atoms with Crippen LogP contribution in [0.5, 0.6) is 0 Å². The maximum atomic E-state index is 11.9. The molecule has 0 aliphatic heterocycles. The average Bonchev–Trinajstić information content (AvgIpc) is 2.39. The first-order valence-electron chi connectivity index (χ1n) is 6.37. The zero-order valence-electron chi connectivity index (χ0n) is 11.3. The number of pyridine rings is 1. The first-order valence-corrected chi connectivity index (χ1v) is 6.37. The van der Waals surface area contributed by atoms with Gasteiger partial charge in [-0.15, -0.1) is 0 Å². The molecule has 2 aromatic rings. The molecule has 0 aliphatic carbocycles. The van der Waals surface area contributed by atoms with Crippen molar-refractivity contribution in [3.05, 3.63) is 46.5 Å². The number of methoxy groups -OCH3 is 1. The first kappa shape index (κ1) is 13.7. The second-order valence-corrected chi connectivity index (χ2v) is 4.71. The van der Waals surface area contributed by atoms with Crippen LogP contribution >= 0.6 is 0 Å². The van der Waals surface area contributed by atoms with Crippen LogP contribution in [0.2, 0.25) is 0 Å². The molecule has 2 heterocycles. The van der Waals surface area contributed by atoms with Crippen molar-refractivity contribution >= 4 is 5.65 Å². The monoisotopic (exact) mass is 261 g/mol. The fourth-order valence-corrected chi connectivity index (χ4v) is 1.98. The summed E-state index contributed by atoms with van der Waals surface area (Å²) >= 11 is 0. The number of nitrogens with one attached hydrogen (secondary N) is 1. The summed E-state index contributed by atoms with van der Waals surface area (Å²) < 4.78 is 6.61. The summed E-state index contributed by atoms with van der Waals surface area (Å²) in [6, 6.07) is 7.10. The Morgan fingerprint density at radius 2 is 2.32 bits per heavy atom. The highest BCUT2D eigenvalue weighted by Gasteiger charge is 2.03. The van der Waals surface area contributed by atoms with Gasteiger partial charge < -0.3 is 10.1 Å². The largest absolute Gasteiger partial charge is 0.384 e. The fraction of sp³-hybridized carbons (Fsp3) is 0.429. The molecule has 19 heavy (non-hydrogen) atoms. The van der Waals surface area contributed by atoms with Gasteiger partial charge in [0.05, 0.1) is 5.69 Å². The van der Waals surface area contributed by atoms with E-state index in [1.807, 2.05) is 18.2 Å². The zero-order chi connectivity index (χ0) is 13.7. The van der Waals surface area contributed by atoms with E-state index in [0.717, 1.165) is 18.8 Å². The summed E-state index contributed by atoms with van der Waals surface area (Å²) in [6.45, 7) is 4.26. The van der Waals surface area contributed by atoms with E-state index in [-0.39, 0.29) is 5.56 Å². The number of fused-ring (bicyclic) bond motifs is 1. The molecule has 0 saturated heterocycles. The van der Waals surface area contributed by atoms with E-state index in [2.05, 4.69) is 17.2 Å². The van der Waals surface area contributed by atoms with Crippen molar-refractivity contribution in [2.75, 3.05) is 20.3 Å². The molecule has 0 amide bonds. The summed E-state index contributed by atoms with van der Waals surface area (Å²) in [5, 5.41) is 3.29. The van der Waals surface area contributed by atoms with Crippen molar-refractivity contribution in [1.29, 1.82) is 0 Å². The second-order valence-electron chi connectivity index (χ2n) is 4.71. The van der Waals surface area contributed by atoms with E-state index in [0.29, 0.717) is 18.1 Å². The Morgan fingerprint density at radius 3 is 3.11 bits per heavy atom. The number of rotatable bonds is 6. The Balaban J connectivity index is 2.03. The molecule has 102 valence electrons. The molecule has 0 aliphatic rings. The van der Waals surface area contributed by atoms with Crippen LogP contribution in [-0.2, 0) is 11.3 Å². The highest BCUT2D eigenvalue weighted by Crippen LogP contribution is 1.99. The van der Waals surface area contributed by atoms with Gasteiger partial charge in [0, 0.05) is 39.1 Å². The van der Waals surface area contributed by atoms with Crippen molar-refractivity contribution in [3.63, 3.8) is 0 Å². The third-order valence-corrected chi connectivity index (χ3v) is 2.87. The lowest BCUT2D eigenvalue weighted by atomic mass is 10.2. The molecule has 5 nitrogen and oxygen atoms in total. The SMILES string of the molecule is COCC(C)CNCc1cc(=O)n2ccccc2n1. The molecular weight excluding hydrogens is 242 g/mol. The van der Waals surface area contributed by atoms with Crippen LogP contribution < -0.4 is 10.9 Å². The van der Waals surface area contributed by atoms with Crippen LogP contribution in [0.1, 0.15) is 12.6 Å². The minimum Gasteiger partial charge on any atom is -0.384 e. The Hall–Kier alpha value is -1.72. The molecule has 1 unspecified atom stereocenters. The molecule has 0 saturated carbocycles. The van der Waals surface area contributed by atoms with Crippen LogP contribution in [0.25, 0.3) is 5.65 Å². The standard InChI is InChI=1S/C14H19N3O2/c1-11(10-19-2)8-15-9-12-7-14(18)17-6-4-3-5-13(17)16-12/h3-7,11,15H,8-10H2,1-2H3. The van der Waals surface area contributed by atoms with E-state index in [1.165, 1.54) is 4.40 Å². The lowest BCUT2D eigenvalue weighted by Crippen LogP contribution is -2.25. The van der Waals surface area contributed by atoms with Crippen molar-refractivity contribution in [2.45, 2.75) is 13.5 Å². The summed E-state index contributed by atoms with van der Waals surface area (Å²) in [4.78, 5) is 16.3. The Labute approximate surface area is 112 Å². The summed E-state index contributed by atoms with van der Waals surface area (Å²) in [6.07, 6.45) is 1.72. The van der Waals surface area contributed by atoms with E-state index >= 15 is 0 Å². The Kier molecular flexibility index (Phi) is 4.65. The molecule has 0 bridgehead atoms. The van der Waals surface area contributed by atoms with Crippen LogP contribution in [0.4, 0.5) is 0 Å². The predicted octanol–water partition coefficient (Wildman–Crippen LogP) is 1.07. The number of ether oxygens (including phenoxy) is 1. The van der Waals surface area contributed by atoms with Crippen LogP contribution in [0, 0.1) is 5.92 Å². The minimum absolute atomic E-state index is 0.0488. The van der Waals surface area contributed by atoms with Gasteiger partial charge in [0.25, 0.3) is 5.56 Å². The average molecular weight is 261 g/mol. The molecule has 1 atom stereocenters. The zero-order valence-corrected chi connectivity index (χ0v) is 11.3. The van der Waals surface area contributed by atoms with Crippen molar-refractivity contribution in [2.24, 2.45) is 5.92 Å². The number of hydrogen-bond acceptors (Lipinski definition) is 4. The van der Waals surface area contributed by atoms with Gasteiger partial charge in [0.1, 0.15) is 5.65 Å². The molecule has 5 heteroatoms. The van der Waals surface area contributed by atoms with Gasteiger partial charge in [0.2, 0.25) is 0 Å². The van der Waals surface area contributed by atoms with Gasteiger partial charge in [-0.2, -0.15) is 0 Å². The number of nitrogens with zero attached hydrogens (tertiary/aromatic N) is 2. The molecule has 0 radical (unpaired) electrons. The summed E-state index contributed by atoms with van der Waals surface area (Å²) in [7, 11) is 1.70. The quantitative estimate of drug-likeness (QED) is 0.845. The van der Waals surface area contributed by atoms with E-state index in [4.69, 9.17) is 4.74 Å². The fourth-order valence-electron chi connectivity index (χ4n) is 1.98. The number of aromatic nitrogens is 2. The number of hydrogen-bond donors (Lipinski definition) is 1. The lowest BCUT2D eigenvalue weighted by molar-refractivity contribution is 0.158. The lowest BCUT2D eigenvalue weighted by Gasteiger charge is -2.11. The Bertz CT molecular complexity index is 595. The summed E-state index contributed by atoms with van der Waals surface area (Å²) in [5.74, 6) is 0.437. The van der Waals surface area contributed by atoms with E-state index in [9.17, 15) is 4.79 Å². The summed E-state index contributed by atoms with van der Waals surface area (Å²) in [5.41, 5.74) is 1.39. The molecule has 1 N–H and O–H groups in total. The smallest absolute Gasteiger partial charge is 0.258 e. The minimum atomic E-state index is -0.0488. The van der Waals surface area contributed by atoms with Crippen LogP contribution in [-0.4, -0.2) is 29.6 Å². The second kappa shape index (κ2) is 6.45. The maximum Gasteiger partial charge on any atom is 0.258 e. The third kappa shape index (κ3) is 3.62. The van der Waals surface area contributed by atoms with Crippen LogP contribution in [0.15, 0.2) is 35.3 Å². The van der Waals surface area contributed by atoms with Crippen molar-refractivity contribution in [1.82, 2.24) is 14.7 Å². The van der Waals surface area contributed by atoms with Gasteiger partial charge in [-0.1, -0.05) is 13.0 Å². The maximum absolute atomic E-state index is 11.9. The van der Waals surface area contributed by atoms with E-state index < -0.39 is 0 Å². The topological polar surface area (TPSA) is 55.6 Å². The molecule has 2 rings (SSSR count). The van der Waals surface area contributed by atoms with Crippen LogP contribution in [0.3, 0.4) is 0 Å². The highest BCUT2D eigenvalue weighted by molar-refractivity contribution is 5.37. The predicted molar refractivity (Wildman–Crippen MR) is 74.2 cm³/mol. The molecule has 0 fully saturated rings. The molecule has 0 spiro atoms. The normalized spacial score (nSPS) is 12.7. The van der Waals surface area contributed by atoms with Crippen molar-refractivity contribution < 1.29 is 4.74 Å². The molecular formula is C14H19N3O2. The van der Waals surface area contributed by atoms with Gasteiger partial charge in [-0.3, -0.25) is 9.20 Å². The van der Waals surface area contributed by atoms with E-state index in [1.54, 1.807) is 19.4 Å². The molecule has 0 aromatic carbocycles. The third-order valence-electron chi connectivity index (χ3n) is 2.87. The van der Waals surface area contributed by atoms with Gasteiger partial charge >= 0.3 is 0 Å². The Morgan fingerprint density at radius 1 is 1.47 bits per heavy atom.